The number of hydrogen-bond donors (Lipinski definition) is 2. The van der Waals surface area contributed by atoms with Crippen molar-refractivity contribution in [2.75, 3.05) is 24.6 Å². The van der Waals surface area contributed by atoms with Crippen LogP contribution in [0.5, 0.6) is 5.75 Å². The predicted octanol–water partition coefficient (Wildman–Crippen LogP) is 4.17. The van der Waals surface area contributed by atoms with Gasteiger partial charge in [0.1, 0.15) is 30.2 Å². The second kappa shape index (κ2) is 10.3. The second-order valence-electron chi connectivity index (χ2n) is 9.96. The van der Waals surface area contributed by atoms with Crippen LogP contribution in [0.3, 0.4) is 0 Å². The molecule has 40 heavy (non-hydrogen) atoms. The van der Waals surface area contributed by atoms with E-state index in [0.717, 1.165) is 48.0 Å². The lowest BCUT2D eigenvalue weighted by molar-refractivity contribution is 0.0949. The van der Waals surface area contributed by atoms with Crippen molar-refractivity contribution < 1.29 is 9.53 Å². The summed E-state index contributed by atoms with van der Waals surface area (Å²) in [5.74, 6) is 1.95. The fourth-order valence-corrected chi connectivity index (χ4v) is 5.56. The van der Waals surface area contributed by atoms with E-state index in [-0.39, 0.29) is 11.9 Å². The van der Waals surface area contributed by atoms with Gasteiger partial charge in [0.05, 0.1) is 11.6 Å². The molecular weight excluding hydrogens is 504 g/mol. The molecule has 4 aromatic heterocycles. The Morgan fingerprint density at radius 1 is 1.07 bits per heavy atom. The number of hydrogen-bond acceptors (Lipinski definition) is 7. The van der Waals surface area contributed by atoms with Crippen molar-refractivity contribution in [1.29, 1.82) is 0 Å². The van der Waals surface area contributed by atoms with Gasteiger partial charge in [-0.25, -0.2) is 9.97 Å². The van der Waals surface area contributed by atoms with Crippen molar-refractivity contribution in [3.63, 3.8) is 0 Å². The highest BCUT2D eigenvalue weighted by Crippen LogP contribution is 2.29. The number of fused-ring (bicyclic) bond motifs is 3. The van der Waals surface area contributed by atoms with Crippen molar-refractivity contribution in [1.82, 2.24) is 34.9 Å². The molecule has 1 saturated heterocycles. The van der Waals surface area contributed by atoms with Crippen molar-refractivity contribution in [3.05, 3.63) is 90.6 Å². The number of ether oxygens (including phenoxy) is 1. The predicted molar refractivity (Wildman–Crippen MR) is 153 cm³/mol. The molecule has 1 fully saturated rings. The van der Waals surface area contributed by atoms with Gasteiger partial charge in [-0.3, -0.25) is 4.79 Å². The van der Waals surface area contributed by atoms with Crippen LogP contribution in [0.2, 0.25) is 0 Å². The lowest BCUT2D eigenvalue weighted by Crippen LogP contribution is -2.35. The van der Waals surface area contributed by atoms with E-state index in [1.165, 1.54) is 17.3 Å². The third kappa shape index (κ3) is 4.47. The number of anilines is 1. The average Bonchev–Trinajstić information content (AvgIpc) is 3.75. The van der Waals surface area contributed by atoms with Crippen molar-refractivity contribution in [2.45, 2.75) is 25.3 Å². The molecule has 5 heterocycles. The van der Waals surface area contributed by atoms with Gasteiger partial charge in [0.15, 0.2) is 0 Å². The van der Waals surface area contributed by atoms with Crippen LogP contribution in [-0.2, 0) is 6.42 Å². The summed E-state index contributed by atoms with van der Waals surface area (Å²) in [6.45, 7) is 1.87. The number of amides is 1. The van der Waals surface area contributed by atoms with E-state index in [1.807, 2.05) is 48.7 Å². The Bertz CT molecular complexity index is 1830. The molecule has 10 heteroatoms. The molecular formula is C30H28N8O2. The summed E-state index contributed by atoms with van der Waals surface area (Å²) >= 11 is 0. The molecule has 7 rings (SSSR count). The number of carbonyl (C=O) groups is 1. The third-order valence-electron chi connectivity index (χ3n) is 7.53. The Morgan fingerprint density at radius 2 is 1.95 bits per heavy atom. The summed E-state index contributed by atoms with van der Waals surface area (Å²) in [6.07, 6.45) is 8.04. The lowest BCUT2D eigenvalue weighted by Gasteiger charge is -2.26. The summed E-state index contributed by atoms with van der Waals surface area (Å²) in [4.78, 5) is 31.9. The summed E-state index contributed by atoms with van der Waals surface area (Å²) in [5.41, 5.74) is 3.33. The van der Waals surface area contributed by atoms with Crippen LogP contribution in [0.25, 0.3) is 27.6 Å². The zero-order valence-electron chi connectivity index (χ0n) is 21.8. The monoisotopic (exact) mass is 532 g/mol. The molecule has 6 aromatic rings. The van der Waals surface area contributed by atoms with Gasteiger partial charge in [-0.15, -0.1) is 0 Å². The van der Waals surface area contributed by atoms with E-state index in [2.05, 4.69) is 47.4 Å². The quantitative estimate of drug-likeness (QED) is 0.302. The van der Waals surface area contributed by atoms with Crippen LogP contribution in [0.15, 0.2) is 79.4 Å². The normalized spacial score (nSPS) is 15.3. The van der Waals surface area contributed by atoms with Crippen molar-refractivity contribution in [3.8, 4) is 5.75 Å². The number of nitrogens with zero attached hydrogens (tertiary/aromatic N) is 6. The zero-order chi connectivity index (χ0) is 26.9. The van der Waals surface area contributed by atoms with Gasteiger partial charge < -0.3 is 19.9 Å². The van der Waals surface area contributed by atoms with Gasteiger partial charge in [0.2, 0.25) is 0 Å². The Balaban J connectivity index is 1.08. The minimum Gasteiger partial charge on any atom is -0.491 e. The van der Waals surface area contributed by atoms with Crippen LogP contribution < -0.4 is 15.0 Å². The topological polar surface area (TPSA) is 113 Å². The molecule has 1 unspecified atom stereocenters. The van der Waals surface area contributed by atoms with Crippen LogP contribution in [0.4, 0.5) is 5.82 Å². The maximum absolute atomic E-state index is 13.2. The van der Waals surface area contributed by atoms with Crippen LogP contribution in [0, 0.1) is 0 Å². The van der Waals surface area contributed by atoms with Gasteiger partial charge in [0.25, 0.3) is 11.7 Å². The minimum absolute atomic E-state index is 0.148. The summed E-state index contributed by atoms with van der Waals surface area (Å²) in [6, 6.07) is 19.8. The summed E-state index contributed by atoms with van der Waals surface area (Å²) < 4.78 is 8.19. The van der Waals surface area contributed by atoms with Crippen LogP contribution >= 0.6 is 0 Å². The highest BCUT2D eigenvalue weighted by Gasteiger charge is 2.28. The highest BCUT2D eigenvalue weighted by molar-refractivity contribution is 5.97. The Labute approximate surface area is 230 Å². The number of rotatable bonds is 8. The maximum atomic E-state index is 13.2. The molecule has 1 amide bonds. The van der Waals surface area contributed by atoms with Gasteiger partial charge in [-0.05, 0) is 49.1 Å². The molecule has 0 radical (unpaired) electrons. The van der Waals surface area contributed by atoms with E-state index in [4.69, 9.17) is 4.74 Å². The number of benzene rings is 2. The number of nitrogens with one attached hydrogen (secondary N) is 2. The molecule has 1 aliphatic rings. The van der Waals surface area contributed by atoms with Crippen LogP contribution in [-0.4, -0.2) is 61.2 Å². The molecule has 1 aliphatic heterocycles. The molecule has 2 aromatic carbocycles. The third-order valence-corrected chi connectivity index (χ3v) is 7.53. The fourth-order valence-electron chi connectivity index (χ4n) is 5.56. The number of para-hydroxylation sites is 2. The molecule has 0 spiro atoms. The standard InChI is InChI=1S/C30H28N8O2/c39-29(31-13-11-20-17-33-24-9-3-1-7-22(20)24)26-16-27(23-8-2-4-10-25(23)36-26)40-18-21-6-5-15-37(21)28-12-14-32-30-34-19-35-38(28)30/h1-4,7-10,12,14,16-17,19,21,33H,5-6,11,13,15,18H2,(H,31,39). The molecule has 10 nitrogen and oxygen atoms in total. The van der Waals surface area contributed by atoms with Crippen molar-refractivity contribution in [2.24, 2.45) is 0 Å². The van der Waals surface area contributed by atoms with E-state index in [1.54, 1.807) is 16.8 Å². The Kier molecular flexibility index (Phi) is 6.19. The molecule has 0 bridgehead atoms. The average molecular weight is 533 g/mol. The maximum Gasteiger partial charge on any atom is 0.270 e. The van der Waals surface area contributed by atoms with E-state index in [9.17, 15) is 4.79 Å². The van der Waals surface area contributed by atoms with E-state index < -0.39 is 0 Å². The molecule has 0 saturated carbocycles. The number of aromatic amines is 1. The first-order valence-corrected chi connectivity index (χ1v) is 13.5. The number of H-pyrrole nitrogens is 1. The van der Waals surface area contributed by atoms with Gasteiger partial charge in [0, 0.05) is 47.8 Å². The first-order valence-electron chi connectivity index (χ1n) is 13.5. The molecule has 0 aliphatic carbocycles. The number of pyridine rings is 1. The number of carbonyl (C=O) groups excluding carboxylic acids is 1. The second-order valence-corrected chi connectivity index (χ2v) is 9.96. The lowest BCUT2D eigenvalue weighted by atomic mass is 10.1. The van der Waals surface area contributed by atoms with Gasteiger partial charge >= 0.3 is 0 Å². The minimum atomic E-state index is -0.219. The first kappa shape index (κ1) is 24.1. The smallest absolute Gasteiger partial charge is 0.270 e. The first-order chi connectivity index (χ1) is 19.7. The number of aromatic nitrogens is 6. The molecule has 2 N–H and O–H groups in total. The van der Waals surface area contributed by atoms with Gasteiger partial charge in [-0.1, -0.05) is 30.3 Å². The van der Waals surface area contributed by atoms with E-state index >= 15 is 0 Å². The SMILES string of the molecule is O=C(NCCc1c[nH]c2ccccc12)c1cc(OCC2CCCN2c2ccnc3ncnn23)c2ccccc2n1. The van der Waals surface area contributed by atoms with Gasteiger partial charge in [-0.2, -0.15) is 14.6 Å². The Hall–Kier alpha value is -4.99. The van der Waals surface area contributed by atoms with Crippen molar-refractivity contribution >= 4 is 39.3 Å². The summed E-state index contributed by atoms with van der Waals surface area (Å²) in [7, 11) is 0. The molecule has 200 valence electrons. The fraction of sp³-hybridized carbons (Fsp3) is 0.233. The van der Waals surface area contributed by atoms with Crippen LogP contribution in [0.1, 0.15) is 28.9 Å². The Morgan fingerprint density at radius 3 is 2.90 bits per heavy atom. The van der Waals surface area contributed by atoms with E-state index in [0.29, 0.717) is 30.4 Å². The summed E-state index contributed by atoms with van der Waals surface area (Å²) in [5, 5.41) is 9.44. The molecule has 1 atom stereocenters. The largest absolute Gasteiger partial charge is 0.491 e. The zero-order valence-corrected chi connectivity index (χ0v) is 21.8. The highest BCUT2D eigenvalue weighted by atomic mass is 16.5.